The first-order valence-electron chi connectivity index (χ1n) is 4.60. The minimum absolute atomic E-state index is 0.00800. The molecule has 5 nitrogen and oxygen atoms in total. The normalized spacial score (nSPS) is 13.0. The highest BCUT2D eigenvalue weighted by atomic mass is 16.7. The summed E-state index contributed by atoms with van der Waals surface area (Å²) in [5.74, 6) is 0.946. The quantitative estimate of drug-likeness (QED) is 0.675. The van der Waals surface area contributed by atoms with Gasteiger partial charge >= 0.3 is 0 Å². The minimum Gasteiger partial charge on any atom is -0.459 e. The Morgan fingerprint density at radius 3 is 2.94 bits per heavy atom. The molecule has 0 N–H and O–H groups in total. The van der Waals surface area contributed by atoms with E-state index >= 15 is 0 Å². The van der Waals surface area contributed by atoms with Crippen LogP contribution in [0.15, 0.2) is 27.6 Å². The minimum atomic E-state index is -0.366. The molecule has 2 heterocycles. The van der Waals surface area contributed by atoms with Crippen molar-refractivity contribution in [3.05, 3.63) is 34.2 Å². The van der Waals surface area contributed by atoms with Crippen molar-refractivity contribution in [3.8, 4) is 11.5 Å². The molecule has 80 valence electrons. The maximum atomic E-state index is 11.8. The van der Waals surface area contributed by atoms with Crippen LogP contribution in [-0.4, -0.2) is 13.1 Å². The predicted molar refractivity (Wildman–Crippen MR) is 54.0 cm³/mol. The van der Waals surface area contributed by atoms with Crippen LogP contribution in [0.25, 0.3) is 11.0 Å². The molecular weight excluding hydrogens is 212 g/mol. The van der Waals surface area contributed by atoms with Gasteiger partial charge < -0.3 is 13.9 Å². The Balaban J connectivity index is 2.45. The van der Waals surface area contributed by atoms with Gasteiger partial charge in [0.15, 0.2) is 17.6 Å². The van der Waals surface area contributed by atoms with Gasteiger partial charge in [0.25, 0.3) is 0 Å². The molecule has 1 aromatic heterocycles. The number of aldehydes is 1. The summed E-state index contributed by atoms with van der Waals surface area (Å²) in [6, 6.07) is 3.18. The maximum Gasteiger partial charge on any atom is 0.231 e. The summed E-state index contributed by atoms with van der Waals surface area (Å²) >= 11 is 0. The predicted octanol–water partition coefficient (Wildman–Crippen LogP) is 1.33. The second-order valence-corrected chi connectivity index (χ2v) is 3.31. The Morgan fingerprint density at radius 1 is 1.25 bits per heavy atom. The van der Waals surface area contributed by atoms with E-state index in [2.05, 4.69) is 0 Å². The monoisotopic (exact) mass is 218 g/mol. The highest BCUT2D eigenvalue weighted by Gasteiger charge is 2.20. The van der Waals surface area contributed by atoms with E-state index in [9.17, 15) is 9.59 Å². The molecule has 0 saturated carbocycles. The molecular formula is C11H6O5. The molecule has 1 aliphatic rings. The second-order valence-electron chi connectivity index (χ2n) is 3.31. The van der Waals surface area contributed by atoms with Gasteiger partial charge in [-0.2, -0.15) is 0 Å². The molecule has 0 radical (unpaired) electrons. The molecule has 0 fully saturated rings. The lowest BCUT2D eigenvalue weighted by atomic mass is 10.1. The highest BCUT2D eigenvalue weighted by molar-refractivity contribution is 5.89. The number of benzene rings is 1. The Kier molecular flexibility index (Phi) is 1.73. The van der Waals surface area contributed by atoms with Crippen molar-refractivity contribution in [2.45, 2.75) is 0 Å². The summed E-state index contributed by atoms with van der Waals surface area (Å²) in [7, 11) is 0. The van der Waals surface area contributed by atoms with Gasteiger partial charge in [-0.05, 0) is 12.1 Å². The zero-order chi connectivity index (χ0) is 11.1. The van der Waals surface area contributed by atoms with E-state index < -0.39 is 0 Å². The first-order valence-corrected chi connectivity index (χ1v) is 4.60. The van der Waals surface area contributed by atoms with E-state index in [0.29, 0.717) is 28.8 Å². The number of carbonyl (C=O) groups is 1. The second kappa shape index (κ2) is 3.10. The van der Waals surface area contributed by atoms with Crippen molar-refractivity contribution in [2.24, 2.45) is 0 Å². The smallest absolute Gasteiger partial charge is 0.231 e. The fourth-order valence-corrected chi connectivity index (χ4v) is 1.66. The van der Waals surface area contributed by atoms with Crippen molar-refractivity contribution < 1.29 is 18.7 Å². The lowest BCUT2D eigenvalue weighted by Crippen LogP contribution is -2.07. The van der Waals surface area contributed by atoms with E-state index in [0.717, 1.165) is 6.26 Å². The van der Waals surface area contributed by atoms with Gasteiger partial charge in [-0.15, -0.1) is 0 Å². The molecule has 0 atom stereocenters. The molecule has 16 heavy (non-hydrogen) atoms. The standard InChI is InChI=1S/C11H6O5/c12-3-6-4-14-10-7(9(6)13)1-2-8-11(10)16-5-15-8/h1-4H,5H2. The van der Waals surface area contributed by atoms with Crippen molar-refractivity contribution in [2.75, 3.05) is 6.79 Å². The van der Waals surface area contributed by atoms with E-state index in [1.165, 1.54) is 0 Å². The van der Waals surface area contributed by atoms with Crippen molar-refractivity contribution in [3.63, 3.8) is 0 Å². The van der Waals surface area contributed by atoms with Crippen LogP contribution in [0.4, 0.5) is 0 Å². The molecule has 1 aromatic carbocycles. The zero-order valence-electron chi connectivity index (χ0n) is 8.06. The Labute approximate surface area is 89.2 Å². The maximum absolute atomic E-state index is 11.8. The van der Waals surface area contributed by atoms with Gasteiger partial charge in [-0.25, -0.2) is 0 Å². The third-order valence-corrected chi connectivity index (χ3v) is 2.43. The van der Waals surface area contributed by atoms with E-state index in [4.69, 9.17) is 13.9 Å². The van der Waals surface area contributed by atoms with Gasteiger partial charge in [0.05, 0.1) is 10.9 Å². The highest BCUT2D eigenvalue weighted by Crippen LogP contribution is 2.37. The molecule has 3 rings (SSSR count). The third-order valence-electron chi connectivity index (χ3n) is 2.43. The van der Waals surface area contributed by atoms with Gasteiger partial charge in [0, 0.05) is 0 Å². The van der Waals surface area contributed by atoms with Crippen LogP contribution in [0.2, 0.25) is 0 Å². The Bertz CT molecular complexity index is 641. The van der Waals surface area contributed by atoms with Crippen molar-refractivity contribution in [1.82, 2.24) is 0 Å². The molecule has 0 amide bonds. The third kappa shape index (κ3) is 1.05. The summed E-state index contributed by atoms with van der Waals surface area (Å²) in [5.41, 5.74) is -0.0634. The average molecular weight is 218 g/mol. The molecule has 5 heteroatoms. The molecule has 0 unspecified atom stereocenters. The molecule has 0 saturated heterocycles. The number of rotatable bonds is 1. The van der Waals surface area contributed by atoms with Crippen LogP contribution in [0.5, 0.6) is 11.5 Å². The number of hydrogen-bond donors (Lipinski definition) is 0. The van der Waals surface area contributed by atoms with Crippen molar-refractivity contribution in [1.29, 1.82) is 0 Å². The fourth-order valence-electron chi connectivity index (χ4n) is 1.66. The van der Waals surface area contributed by atoms with Gasteiger partial charge in [-0.1, -0.05) is 0 Å². The van der Waals surface area contributed by atoms with Crippen LogP contribution in [-0.2, 0) is 0 Å². The lowest BCUT2D eigenvalue weighted by molar-refractivity contribution is 0.112. The summed E-state index contributed by atoms with van der Waals surface area (Å²) in [6.07, 6.45) is 1.59. The first kappa shape index (κ1) is 8.96. The van der Waals surface area contributed by atoms with E-state index in [-0.39, 0.29) is 17.8 Å². The molecule has 0 aliphatic carbocycles. The molecule has 2 aromatic rings. The van der Waals surface area contributed by atoms with Crippen LogP contribution in [0.1, 0.15) is 10.4 Å². The SMILES string of the molecule is O=Cc1coc2c3c(ccc2c1=O)OCO3. The van der Waals surface area contributed by atoms with Crippen LogP contribution in [0.3, 0.4) is 0 Å². The molecule has 0 bridgehead atoms. The molecule has 1 aliphatic heterocycles. The van der Waals surface area contributed by atoms with Crippen LogP contribution >= 0.6 is 0 Å². The number of ether oxygens (including phenoxy) is 2. The topological polar surface area (TPSA) is 65.7 Å². The Hall–Kier alpha value is -2.30. The molecule has 0 spiro atoms. The first-order chi connectivity index (χ1) is 7.81. The van der Waals surface area contributed by atoms with Gasteiger partial charge in [0.2, 0.25) is 18.0 Å². The summed E-state index contributed by atoms with van der Waals surface area (Å²) in [6.45, 7) is 0.105. The van der Waals surface area contributed by atoms with E-state index in [1.54, 1.807) is 12.1 Å². The van der Waals surface area contributed by atoms with Gasteiger partial charge in [-0.3, -0.25) is 9.59 Å². The Morgan fingerprint density at radius 2 is 2.12 bits per heavy atom. The van der Waals surface area contributed by atoms with Crippen molar-refractivity contribution >= 4 is 17.3 Å². The van der Waals surface area contributed by atoms with Gasteiger partial charge in [0.1, 0.15) is 6.26 Å². The van der Waals surface area contributed by atoms with Crippen LogP contribution < -0.4 is 14.9 Å². The number of carbonyl (C=O) groups excluding carboxylic acids is 1. The summed E-state index contributed by atoms with van der Waals surface area (Å²) < 4.78 is 15.6. The fraction of sp³-hybridized carbons (Fsp3) is 0.0909. The van der Waals surface area contributed by atoms with E-state index in [1.807, 2.05) is 0 Å². The average Bonchev–Trinajstić information content (AvgIpc) is 2.77. The number of hydrogen-bond acceptors (Lipinski definition) is 5. The lowest BCUT2D eigenvalue weighted by Gasteiger charge is -2.00. The van der Waals surface area contributed by atoms with Crippen LogP contribution in [0, 0.1) is 0 Å². The zero-order valence-corrected chi connectivity index (χ0v) is 8.06. The summed E-state index contributed by atoms with van der Waals surface area (Å²) in [4.78, 5) is 22.4. The summed E-state index contributed by atoms with van der Waals surface area (Å²) in [5, 5.41) is 0.314. The largest absolute Gasteiger partial charge is 0.459 e. The number of fused-ring (bicyclic) bond motifs is 3.